The molecule has 0 fully saturated rings. The summed E-state index contributed by atoms with van der Waals surface area (Å²) in [6.45, 7) is 13.2. The van der Waals surface area contributed by atoms with E-state index in [0.717, 1.165) is 12.7 Å². The van der Waals surface area contributed by atoms with Gasteiger partial charge in [0, 0.05) is 6.42 Å². The highest BCUT2D eigenvalue weighted by Gasteiger charge is 2.15. The Hall–Kier alpha value is -0.590. The van der Waals surface area contributed by atoms with Gasteiger partial charge in [-0.2, -0.15) is 0 Å². The van der Waals surface area contributed by atoms with Crippen molar-refractivity contribution < 1.29 is 4.79 Å². The van der Waals surface area contributed by atoms with E-state index in [0.29, 0.717) is 12.3 Å². The summed E-state index contributed by atoms with van der Waals surface area (Å²) in [5.74, 6) is 0.548. The molecule has 1 nitrogen and oxygen atoms in total. The number of rotatable bonds is 4. The van der Waals surface area contributed by atoms with Gasteiger partial charge in [0.25, 0.3) is 0 Å². The predicted molar refractivity (Wildman–Crippen MR) is 62.3 cm³/mol. The van der Waals surface area contributed by atoms with E-state index in [1.54, 1.807) is 0 Å². The van der Waals surface area contributed by atoms with Gasteiger partial charge in [0.15, 0.2) is 0 Å². The Bertz CT molecular complexity index is 216. The highest BCUT2D eigenvalue weighted by atomic mass is 16.1. The average molecular weight is 196 g/mol. The molecule has 0 saturated carbocycles. The fourth-order valence-corrected chi connectivity index (χ4v) is 1.52. The van der Waals surface area contributed by atoms with Crippen molar-refractivity contribution in [2.75, 3.05) is 0 Å². The second kappa shape index (κ2) is 5.33. The van der Waals surface area contributed by atoms with E-state index >= 15 is 0 Å². The third kappa shape index (κ3) is 5.21. The van der Waals surface area contributed by atoms with E-state index in [-0.39, 0.29) is 5.41 Å². The van der Waals surface area contributed by atoms with E-state index < -0.39 is 0 Å². The van der Waals surface area contributed by atoms with Gasteiger partial charge < -0.3 is 4.79 Å². The zero-order valence-corrected chi connectivity index (χ0v) is 10.5. The highest BCUT2D eigenvalue weighted by molar-refractivity contribution is 5.55. The smallest absolute Gasteiger partial charge is 0.124 e. The Balaban J connectivity index is 4.75. The lowest BCUT2D eigenvalue weighted by atomic mass is 9.83. The maximum atomic E-state index is 10.6. The molecule has 82 valence electrons. The minimum atomic E-state index is 0.272. The summed E-state index contributed by atoms with van der Waals surface area (Å²) in [5, 5.41) is 0. The molecule has 0 radical (unpaired) electrons. The number of allylic oxidation sites excluding steroid dienone is 2. The molecule has 0 atom stereocenters. The number of aldehydes is 1. The minimum absolute atomic E-state index is 0.272. The van der Waals surface area contributed by atoms with E-state index in [1.165, 1.54) is 11.1 Å². The van der Waals surface area contributed by atoms with Gasteiger partial charge in [-0.15, -0.1) is 0 Å². The Morgan fingerprint density at radius 2 is 1.79 bits per heavy atom. The lowest BCUT2D eigenvalue weighted by Gasteiger charge is -2.22. The number of hydrogen-bond acceptors (Lipinski definition) is 1. The zero-order valence-electron chi connectivity index (χ0n) is 10.5. The molecule has 14 heavy (non-hydrogen) atoms. The predicted octanol–water partition coefficient (Wildman–Crippen LogP) is 3.98. The van der Waals surface area contributed by atoms with Crippen LogP contribution in [0.2, 0.25) is 0 Å². The summed E-state index contributed by atoms with van der Waals surface area (Å²) in [5.41, 5.74) is 2.98. The highest BCUT2D eigenvalue weighted by Crippen LogP contribution is 2.29. The van der Waals surface area contributed by atoms with Crippen molar-refractivity contribution in [3.63, 3.8) is 0 Å². The van der Waals surface area contributed by atoms with Crippen LogP contribution in [0.15, 0.2) is 11.1 Å². The van der Waals surface area contributed by atoms with Crippen LogP contribution in [0, 0.1) is 11.3 Å². The molecule has 0 saturated heterocycles. The summed E-state index contributed by atoms with van der Waals surface area (Å²) in [6.07, 6.45) is 2.64. The van der Waals surface area contributed by atoms with Crippen LogP contribution in [0.25, 0.3) is 0 Å². The molecule has 0 heterocycles. The SMILES string of the molecule is CC(=C(CC=O)CC(C)(C)C)C(C)C. The molecule has 0 bridgehead atoms. The Morgan fingerprint density at radius 3 is 2.07 bits per heavy atom. The summed E-state index contributed by atoms with van der Waals surface area (Å²) in [4.78, 5) is 10.6. The van der Waals surface area contributed by atoms with Crippen molar-refractivity contribution in [1.29, 1.82) is 0 Å². The Kier molecular flexibility index (Phi) is 5.11. The minimum Gasteiger partial charge on any atom is -0.303 e. The fraction of sp³-hybridized carbons (Fsp3) is 0.769. The Morgan fingerprint density at radius 1 is 1.29 bits per heavy atom. The first-order valence-electron chi connectivity index (χ1n) is 5.40. The molecule has 0 aromatic carbocycles. The standard InChI is InChI=1S/C13H24O/c1-10(2)11(3)12(7-8-14)9-13(4,5)6/h8,10H,7,9H2,1-6H3. The van der Waals surface area contributed by atoms with Crippen LogP contribution in [0.1, 0.15) is 54.4 Å². The monoisotopic (exact) mass is 196 g/mol. The lowest BCUT2D eigenvalue weighted by molar-refractivity contribution is -0.107. The number of carbonyl (C=O) groups is 1. The van der Waals surface area contributed by atoms with E-state index in [2.05, 4.69) is 41.5 Å². The van der Waals surface area contributed by atoms with Crippen LogP contribution < -0.4 is 0 Å². The van der Waals surface area contributed by atoms with Gasteiger partial charge in [-0.1, -0.05) is 45.8 Å². The van der Waals surface area contributed by atoms with E-state index in [4.69, 9.17) is 0 Å². The number of carbonyl (C=O) groups excluding carboxylic acids is 1. The van der Waals surface area contributed by atoms with Crippen LogP contribution in [0.3, 0.4) is 0 Å². The fourth-order valence-electron chi connectivity index (χ4n) is 1.52. The molecule has 0 aromatic heterocycles. The first-order valence-corrected chi connectivity index (χ1v) is 5.40. The normalized spacial score (nSPS) is 14.2. The molecule has 0 spiro atoms. The van der Waals surface area contributed by atoms with Gasteiger partial charge in [0.2, 0.25) is 0 Å². The summed E-state index contributed by atoms with van der Waals surface area (Å²) < 4.78 is 0. The molecule has 0 rings (SSSR count). The van der Waals surface area contributed by atoms with E-state index in [9.17, 15) is 4.79 Å². The summed E-state index contributed by atoms with van der Waals surface area (Å²) in [7, 11) is 0. The second-order valence-electron chi connectivity index (χ2n) is 5.55. The van der Waals surface area contributed by atoms with E-state index in [1.807, 2.05) is 0 Å². The molecule has 0 unspecified atom stereocenters. The summed E-state index contributed by atoms with van der Waals surface area (Å²) in [6, 6.07) is 0. The third-order valence-corrected chi connectivity index (χ3v) is 2.50. The Labute approximate surface area is 88.6 Å². The molecule has 0 amide bonds. The molecular weight excluding hydrogens is 172 g/mol. The van der Waals surface area contributed by atoms with Crippen molar-refractivity contribution in [1.82, 2.24) is 0 Å². The molecule has 0 N–H and O–H groups in total. The molecule has 0 aromatic rings. The lowest BCUT2D eigenvalue weighted by Crippen LogP contribution is -2.09. The van der Waals surface area contributed by atoms with Crippen LogP contribution >= 0.6 is 0 Å². The third-order valence-electron chi connectivity index (χ3n) is 2.50. The van der Waals surface area contributed by atoms with Gasteiger partial charge >= 0.3 is 0 Å². The average Bonchev–Trinajstić information content (AvgIpc) is 1.99. The topological polar surface area (TPSA) is 17.1 Å². The second-order valence-corrected chi connectivity index (χ2v) is 5.55. The molecule has 0 aliphatic carbocycles. The van der Waals surface area contributed by atoms with Crippen molar-refractivity contribution >= 4 is 6.29 Å². The van der Waals surface area contributed by atoms with Gasteiger partial charge in [-0.25, -0.2) is 0 Å². The first-order chi connectivity index (χ1) is 6.28. The van der Waals surface area contributed by atoms with Crippen molar-refractivity contribution in [2.24, 2.45) is 11.3 Å². The first kappa shape index (κ1) is 13.4. The van der Waals surface area contributed by atoms with Crippen LogP contribution in [0.4, 0.5) is 0 Å². The van der Waals surface area contributed by atoms with Gasteiger partial charge in [0.05, 0.1) is 0 Å². The summed E-state index contributed by atoms with van der Waals surface area (Å²) >= 11 is 0. The van der Waals surface area contributed by atoms with Crippen molar-refractivity contribution in [2.45, 2.75) is 54.4 Å². The number of hydrogen-bond donors (Lipinski definition) is 0. The maximum Gasteiger partial charge on any atom is 0.124 e. The van der Waals surface area contributed by atoms with Crippen molar-refractivity contribution in [3.8, 4) is 0 Å². The van der Waals surface area contributed by atoms with Gasteiger partial charge in [0.1, 0.15) is 6.29 Å². The molecule has 1 heteroatoms. The van der Waals surface area contributed by atoms with Crippen molar-refractivity contribution in [3.05, 3.63) is 11.1 Å². The van der Waals surface area contributed by atoms with Gasteiger partial charge in [-0.05, 0) is 24.7 Å². The molecule has 0 aliphatic heterocycles. The van der Waals surface area contributed by atoms with Crippen LogP contribution in [-0.4, -0.2) is 6.29 Å². The van der Waals surface area contributed by atoms with Crippen LogP contribution in [-0.2, 0) is 4.79 Å². The quantitative estimate of drug-likeness (QED) is 0.491. The maximum absolute atomic E-state index is 10.6. The largest absolute Gasteiger partial charge is 0.303 e. The molecular formula is C13H24O. The molecule has 0 aliphatic rings. The van der Waals surface area contributed by atoms with Crippen LogP contribution in [0.5, 0.6) is 0 Å². The zero-order chi connectivity index (χ0) is 11.4. The van der Waals surface area contributed by atoms with Gasteiger partial charge in [-0.3, -0.25) is 0 Å².